The molecule has 1 aliphatic rings. The van der Waals surface area contributed by atoms with Crippen LogP contribution >= 0.6 is 0 Å². The monoisotopic (exact) mass is 248 g/mol. The van der Waals surface area contributed by atoms with Gasteiger partial charge in [0, 0.05) is 30.5 Å². The van der Waals surface area contributed by atoms with Gasteiger partial charge in [-0.05, 0) is 37.8 Å². The lowest BCUT2D eigenvalue weighted by molar-refractivity contribution is 0.0310. The van der Waals surface area contributed by atoms with Crippen molar-refractivity contribution in [3.63, 3.8) is 0 Å². The Hall–Kier alpha value is -0.930. The zero-order valence-electron chi connectivity index (χ0n) is 11.4. The molecule has 3 unspecified atom stereocenters. The van der Waals surface area contributed by atoms with Crippen molar-refractivity contribution in [3.05, 3.63) is 29.6 Å². The van der Waals surface area contributed by atoms with Crippen molar-refractivity contribution >= 4 is 0 Å². The number of ether oxygens (including phenoxy) is 1. The Bertz CT molecular complexity index is 375. The van der Waals surface area contributed by atoms with E-state index in [0.29, 0.717) is 5.92 Å². The SMILES string of the molecule is CCCC(OCC)C(N)C1CCc2cccnc21. The van der Waals surface area contributed by atoms with Gasteiger partial charge in [0.25, 0.3) is 0 Å². The lowest BCUT2D eigenvalue weighted by Crippen LogP contribution is -2.41. The summed E-state index contributed by atoms with van der Waals surface area (Å²) in [6.07, 6.45) is 6.40. The fourth-order valence-corrected chi connectivity index (χ4v) is 2.96. The first-order chi connectivity index (χ1) is 8.77. The topological polar surface area (TPSA) is 48.1 Å². The molecule has 1 aliphatic carbocycles. The van der Waals surface area contributed by atoms with Gasteiger partial charge in [-0.25, -0.2) is 0 Å². The molecule has 0 amide bonds. The number of rotatable bonds is 6. The first-order valence-corrected chi connectivity index (χ1v) is 7.08. The van der Waals surface area contributed by atoms with Gasteiger partial charge in [0.15, 0.2) is 0 Å². The molecule has 1 aromatic rings. The van der Waals surface area contributed by atoms with E-state index in [4.69, 9.17) is 10.5 Å². The Kier molecular flexibility index (Phi) is 4.72. The van der Waals surface area contributed by atoms with E-state index in [1.54, 1.807) is 0 Å². The van der Waals surface area contributed by atoms with Crippen LogP contribution in [-0.2, 0) is 11.2 Å². The smallest absolute Gasteiger partial charge is 0.0732 e. The van der Waals surface area contributed by atoms with Gasteiger partial charge in [-0.2, -0.15) is 0 Å². The first-order valence-electron chi connectivity index (χ1n) is 7.08. The van der Waals surface area contributed by atoms with Gasteiger partial charge in [-0.1, -0.05) is 19.4 Å². The summed E-state index contributed by atoms with van der Waals surface area (Å²) in [6, 6.07) is 4.25. The molecule has 0 bridgehead atoms. The predicted molar refractivity (Wildman–Crippen MR) is 73.6 cm³/mol. The van der Waals surface area contributed by atoms with Crippen molar-refractivity contribution in [2.45, 2.75) is 57.6 Å². The molecular formula is C15H24N2O. The zero-order valence-corrected chi connectivity index (χ0v) is 11.4. The second-order valence-electron chi connectivity index (χ2n) is 5.05. The van der Waals surface area contributed by atoms with Crippen LogP contribution in [0.1, 0.15) is 50.3 Å². The molecule has 3 heteroatoms. The molecule has 0 spiro atoms. The fraction of sp³-hybridized carbons (Fsp3) is 0.667. The molecule has 0 saturated heterocycles. The van der Waals surface area contributed by atoms with Crippen LogP contribution in [0.2, 0.25) is 0 Å². The summed E-state index contributed by atoms with van der Waals surface area (Å²) in [7, 11) is 0. The van der Waals surface area contributed by atoms with Crippen LogP contribution in [0, 0.1) is 0 Å². The summed E-state index contributed by atoms with van der Waals surface area (Å²) in [6.45, 7) is 4.95. The summed E-state index contributed by atoms with van der Waals surface area (Å²) in [5.74, 6) is 0.365. The van der Waals surface area contributed by atoms with E-state index in [0.717, 1.165) is 32.3 Å². The highest BCUT2D eigenvalue weighted by Crippen LogP contribution is 2.35. The molecule has 1 heterocycles. The Morgan fingerprint density at radius 1 is 1.50 bits per heavy atom. The van der Waals surface area contributed by atoms with Gasteiger partial charge in [-0.3, -0.25) is 4.98 Å². The largest absolute Gasteiger partial charge is 0.377 e. The number of nitrogens with two attached hydrogens (primary N) is 1. The molecule has 0 fully saturated rings. The Balaban J connectivity index is 2.11. The second kappa shape index (κ2) is 6.30. The Morgan fingerprint density at radius 3 is 3.06 bits per heavy atom. The van der Waals surface area contributed by atoms with Crippen LogP contribution in [-0.4, -0.2) is 23.7 Å². The van der Waals surface area contributed by atoms with Crippen molar-refractivity contribution in [1.29, 1.82) is 0 Å². The molecule has 0 radical (unpaired) electrons. The molecule has 3 atom stereocenters. The average Bonchev–Trinajstić information content (AvgIpc) is 2.81. The highest BCUT2D eigenvalue weighted by Gasteiger charge is 2.33. The van der Waals surface area contributed by atoms with E-state index in [1.807, 2.05) is 19.2 Å². The van der Waals surface area contributed by atoms with Crippen molar-refractivity contribution in [3.8, 4) is 0 Å². The van der Waals surface area contributed by atoms with Crippen LogP contribution in [0.4, 0.5) is 0 Å². The minimum atomic E-state index is 0.0704. The van der Waals surface area contributed by atoms with E-state index >= 15 is 0 Å². The van der Waals surface area contributed by atoms with E-state index in [1.165, 1.54) is 11.3 Å². The average molecular weight is 248 g/mol. The van der Waals surface area contributed by atoms with Gasteiger partial charge >= 0.3 is 0 Å². The van der Waals surface area contributed by atoms with Crippen LogP contribution in [0.15, 0.2) is 18.3 Å². The number of nitrogens with zero attached hydrogens (tertiary/aromatic N) is 1. The minimum absolute atomic E-state index is 0.0704. The number of pyridine rings is 1. The minimum Gasteiger partial charge on any atom is -0.377 e. The van der Waals surface area contributed by atoms with Crippen LogP contribution in [0.3, 0.4) is 0 Å². The lowest BCUT2D eigenvalue weighted by Gasteiger charge is -2.28. The number of hydrogen-bond acceptors (Lipinski definition) is 3. The van der Waals surface area contributed by atoms with Crippen molar-refractivity contribution in [2.75, 3.05) is 6.61 Å². The van der Waals surface area contributed by atoms with Gasteiger partial charge in [0.2, 0.25) is 0 Å². The molecule has 18 heavy (non-hydrogen) atoms. The third-order valence-corrected chi connectivity index (χ3v) is 3.85. The molecule has 2 N–H and O–H groups in total. The van der Waals surface area contributed by atoms with Crippen LogP contribution in [0.5, 0.6) is 0 Å². The highest BCUT2D eigenvalue weighted by molar-refractivity contribution is 5.30. The molecule has 2 rings (SSSR count). The van der Waals surface area contributed by atoms with E-state index in [2.05, 4.69) is 18.0 Å². The number of hydrogen-bond donors (Lipinski definition) is 1. The lowest BCUT2D eigenvalue weighted by atomic mass is 9.91. The quantitative estimate of drug-likeness (QED) is 0.842. The Morgan fingerprint density at radius 2 is 2.33 bits per heavy atom. The molecule has 0 aromatic carbocycles. The van der Waals surface area contributed by atoms with E-state index < -0.39 is 0 Å². The summed E-state index contributed by atoms with van der Waals surface area (Å²) < 4.78 is 5.82. The van der Waals surface area contributed by atoms with Crippen LogP contribution in [0.25, 0.3) is 0 Å². The number of fused-ring (bicyclic) bond motifs is 1. The summed E-state index contributed by atoms with van der Waals surface area (Å²) in [5, 5.41) is 0. The molecule has 3 nitrogen and oxygen atoms in total. The summed E-state index contributed by atoms with van der Waals surface area (Å²) in [4.78, 5) is 4.53. The second-order valence-corrected chi connectivity index (χ2v) is 5.05. The highest BCUT2D eigenvalue weighted by atomic mass is 16.5. The van der Waals surface area contributed by atoms with Crippen molar-refractivity contribution in [2.24, 2.45) is 5.73 Å². The van der Waals surface area contributed by atoms with E-state index in [9.17, 15) is 0 Å². The van der Waals surface area contributed by atoms with E-state index in [-0.39, 0.29) is 12.1 Å². The van der Waals surface area contributed by atoms with Gasteiger partial charge in [0.05, 0.1) is 6.10 Å². The first kappa shape index (κ1) is 13.5. The van der Waals surface area contributed by atoms with Crippen molar-refractivity contribution < 1.29 is 4.74 Å². The fourth-order valence-electron chi connectivity index (χ4n) is 2.96. The molecule has 100 valence electrons. The van der Waals surface area contributed by atoms with Crippen molar-refractivity contribution in [1.82, 2.24) is 4.98 Å². The van der Waals surface area contributed by atoms with Gasteiger partial charge in [0.1, 0.15) is 0 Å². The summed E-state index contributed by atoms with van der Waals surface area (Å²) in [5.41, 5.74) is 9.01. The normalized spacial score (nSPS) is 21.6. The molecule has 1 aromatic heterocycles. The third kappa shape index (κ3) is 2.73. The maximum absolute atomic E-state index is 6.45. The number of aryl methyl sites for hydroxylation is 1. The molecule has 0 aliphatic heterocycles. The Labute approximate surface area is 110 Å². The van der Waals surface area contributed by atoms with Crippen LogP contribution < -0.4 is 5.73 Å². The maximum Gasteiger partial charge on any atom is 0.0732 e. The molecular weight excluding hydrogens is 224 g/mol. The number of aromatic nitrogens is 1. The zero-order chi connectivity index (χ0) is 13.0. The van der Waals surface area contributed by atoms with Gasteiger partial charge < -0.3 is 10.5 Å². The molecule has 0 saturated carbocycles. The predicted octanol–water partition coefficient (Wildman–Crippen LogP) is 2.64. The van der Waals surface area contributed by atoms with Gasteiger partial charge in [-0.15, -0.1) is 0 Å². The third-order valence-electron chi connectivity index (χ3n) is 3.85. The maximum atomic E-state index is 6.45. The standard InChI is InChI=1S/C15H24N2O/c1-3-6-13(18-4-2)14(16)12-9-8-11-7-5-10-17-15(11)12/h5,7,10,12-14H,3-4,6,8-9,16H2,1-2H3. The summed E-state index contributed by atoms with van der Waals surface area (Å²) >= 11 is 0.